The summed E-state index contributed by atoms with van der Waals surface area (Å²) in [4.78, 5) is 35.7. The molecule has 0 unspecified atom stereocenters. The molecule has 1 saturated heterocycles. The number of fused-ring (bicyclic) bond motifs is 1. The van der Waals surface area contributed by atoms with Gasteiger partial charge in [-0.05, 0) is 55.8 Å². The molecule has 3 heterocycles. The number of carboxylic acid groups (broad SMARTS) is 1. The fourth-order valence-corrected chi connectivity index (χ4v) is 6.14. The Morgan fingerprint density at radius 3 is 2.58 bits per heavy atom. The van der Waals surface area contributed by atoms with Crippen LogP contribution in [0.2, 0.25) is 25.7 Å². The van der Waals surface area contributed by atoms with Crippen molar-refractivity contribution < 1.29 is 29.3 Å². The number of nitrogens with one attached hydrogen (secondary N) is 1. The first-order valence-electron chi connectivity index (χ1n) is 15.1. The van der Waals surface area contributed by atoms with Gasteiger partial charge in [-0.25, -0.2) is 14.8 Å². The summed E-state index contributed by atoms with van der Waals surface area (Å²) < 4.78 is 14.4. The number of aliphatic hydroxyl groups is 1. The third-order valence-corrected chi connectivity index (χ3v) is 10.00. The molecule has 1 aromatic carbocycles. The highest BCUT2D eigenvalue weighted by Crippen LogP contribution is 2.38. The average molecular weight is 610 g/mol. The first-order valence-corrected chi connectivity index (χ1v) is 18.8. The van der Waals surface area contributed by atoms with E-state index >= 15 is 0 Å². The molecule has 2 fully saturated rings. The first kappa shape index (κ1) is 31.0. The quantitative estimate of drug-likeness (QED) is 0.201. The van der Waals surface area contributed by atoms with Gasteiger partial charge < -0.3 is 34.5 Å². The lowest BCUT2D eigenvalue weighted by molar-refractivity contribution is 0.0865. The minimum absolute atomic E-state index is 0.00543. The third-order valence-electron chi connectivity index (χ3n) is 8.29. The van der Waals surface area contributed by atoms with Crippen molar-refractivity contribution in [2.45, 2.75) is 77.7 Å². The number of rotatable bonds is 12. The van der Waals surface area contributed by atoms with Gasteiger partial charge in [-0.3, -0.25) is 4.79 Å². The van der Waals surface area contributed by atoms with Crippen LogP contribution in [0.5, 0.6) is 5.75 Å². The van der Waals surface area contributed by atoms with E-state index < -0.39 is 32.2 Å². The number of nitrogens with zero attached hydrogens (tertiary/aromatic N) is 4. The fraction of sp³-hybridized carbons (Fsp3) is 0.548. The second-order valence-corrected chi connectivity index (χ2v) is 18.6. The van der Waals surface area contributed by atoms with Crippen molar-refractivity contribution in [3.63, 3.8) is 0 Å². The zero-order valence-electron chi connectivity index (χ0n) is 25.7. The van der Waals surface area contributed by atoms with E-state index in [1.165, 1.54) is 19.2 Å². The van der Waals surface area contributed by atoms with Gasteiger partial charge in [0.05, 0.1) is 36.4 Å². The van der Waals surface area contributed by atoms with Gasteiger partial charge in [0.2, 0.25) is 0 Å². The maximum atomic E-state index is 13.8. The zero-order valence-corrected chi connectivity index (χ0v) is 26.7. The van der Waals surface area contributed by atoms with Gasteiger partial charge >= 0.3 is 6.09 Å². The molecule has 43 heavy (non-hydrogen) atoms. The van der Waals surface area contributed by atoms with E-state index in [-0.39, 0.29) is 19.8 Å². The Kier molecular flexibility index (Phi) is 9.09. The highest BCUT2D eigenvalue weighted by Gasteiger charge is 2.36. The largest absolute Gasteiger partial charge is 0.493 e. The Morgan fingerprint density at radius 1 is 1.16 bits per heavy atom. The Morgan fingerprint density at radius 2 is 1.93 bits per heavy atom. The van der Waals surface area contributed by atoms with Crippen LogP contribution in [-0.4, -0.2) is 88.2 Å². The van der Waals surface area contributed by atoms with Crippen LogP contribution in [0, 0.1) is 12.8 Å². The number of hydrogen-bond donors (Lipinski definition) is 3. The average Bonchev–Trinajstić information content (AvgIpc) is 3.65. The molecule has 3 aromatic rings. The molecule has 0 bridgehead atoms. The third kappa shape index (κ3) is 7.02. The molecule has 0 radical (unpaired) electrons. The van der Waals surface area contributed by atoms with Crippen molar-refractivity contribution in [1.29, 1.82) is 0 Å². The number of aryl methyl sites for hydroxylation is 1. The lowest BCUT2D eigenvalue weighted by atomic mass is 10.0. The van der Waals surface area contributed by atoms with Crippen LogP contribution in [0.1, 0.15) is 41.4 Å². The van der Waals surface area contributed by atoms with Crippen LogP contribution >= 0.6 is 0 Å². The van der Waals surface area contributed by atoms with E-state index in [0.29, 0.717) is 47.1 Å². The number of hydrogen-bond acceptors (Lipinski definition) is 7. The zero-order chi connectivity index (χ0) is 30.9. The van der Waals surface area contributed by atoms with Gasteiger partial charge in [0.25, 0.3) is 5.91 Å². The summed E-state index contributed by atoms with van der Waals surface area (Å²) in [5, 5.41) is 22.7. The van der Waals surface area contributed by atoms with Crippen molar-refractivity contribution in [3.8, 4) is 17.0 Å². The second-order valence-electron chi connectivity index (χ2n) is 12.9. The fourth-order valence-electron chi connectivity index (χ4n) is 5.38. The molecule has 5 rings (SSSR count). The second kappa shape index (κ2) is 12.6. The molecule has 1 saturated carbocycles. The van der Waals surface area contributed by atoms with Gasteiger partial charge in [-0.2, -0.15) is 0 Å². The summed E-state index contributed by atoms with van der Waals surface area (Å²) >= 11 is 0. The van der Waals surface area contributed by atoms with E-state index in [2.05, 4.69) is 49.0 Å². The van der Waals surface area contributed by atoms with Crippen molar-refractivity contribution in [2.75, 3.05) is 26.3 Å². The Hall–Kier alpha value is -3.48. The number of β-amino-alcohol motifs (C(OH)–C–C–N with tert-alkyl or cyclic N) is 1. The van der Waals surface area contributed by atoms with Gasteiger partial charge in [0.1, 0.15) is 30.0 Å². The Bertz CT molecular complexity index is 1500. The first-order chi connectivity index (χ1) is 20.5. The van der Waals surface area contributed by atoms with Crippen LogP contribution in [0.15, 0.2) is 24.5 Å². The lowest BCUT2D eigenvalue weighted by Crippen LogP contribution is -2.43. The number of aromatic nitrogens is 3. The molecule has 1 aliphatic heterocycles. The highest BCUT2D eigenvalue weighted by molar-refractivity contribution is 6.76. The van der Waals surface area contributed by atoms with E-state index in [4.69, 9.17) is 14.5 Å². The maximum Gasteiger partial charge on any atom is 0.407 e. The number of likely N-dealkylation sites (tertiary alicyclic amines) is 1. The van der Waals surface area contributed by atoms with Crippen molar-refractivity contribution in [1.82, 2.24) is 24.8 Å². The van der Waals surface area contributed by atoms with Gasteiger partial charge in [0, 0.05) is 32.5 Å². The maximum absolute atomic E-state index is 13.8. The normalized spacial score (nSPS) is 18.8. The van der Waals surface area contributed by atoms with E-state index in [9.17, 15) is 19.8 Å². The molecule has 2 aromatic heterocycles. The standard InChI is InChI=1S/C31H43N5O6Si/c1-6-20-9-10-25(42-16-21-7-8-21)22(13-20)27-29-28(33-17-32-27)26(19(2)36(29)18-41-11-12-43(3,4)5)30(38)34-23-14-35(31(39)40)15-24(23)37/h9-10,13,17,21,23-24,37H,6-8,11-12,14-16,18H2,1-5H3,(H,34,38)(H,39,40)/t23-,24-/m1/s1. The number of carbonyl (C=O) groups excluding carboxylic acids is 1. The van der Waals surface area contributed by atoms with Crippen LogP contribution in [0.4, 0.5) is 4.79 Å². The summed E-state index contributed by atoms with van der Waals surface area (Å²) in [6, 6.07) is 6.43. The smallest absolute Gasteiger partial charge is 0.407 e. The van der Waals surface area contributed by atoms with Gasteiger partial charge in [-0.1, -0.05) is 32.6 Å². The number of carbonyl (C=O) groups is 2. The van der Waals surface area contributed by atoms with E-state index in [0.717, 1.165) is 34.2 Å². The molecule has 2 amide bonds. The van der Waals surface area contributed by atoms with Gasteiger partial charge in [0.15, 0.2) is 0 Å². The predicted octanol–water partition coefficient (Wildman–Crippen LogP) is 4.52. The summed E-state index contributed by atoms with van der Waals surface area (Å²) in [5.41, 5.74) is 4.76. The SMILES string of the molecule is CCc1ccc(OCC2CC2)c(-c2ncnc3c(C(=O)N[C@@H]4CN(C(=O)O)C[C@H]4O)c(C)n(COCC[Si](C)(C)C)c23)c1. The number of benzene rings is 1. The predicted molar refractivity (Wildman–Crippen MR) is 166 cm³/mol. The minimum Gasteiger partial charge on any atom is -0.493 e. The molecule has 2 aliphatic rings. The lowest BCUT2D eigenvalue weighted by Gasteiger charge is -2.17. The van der Waals surface area contributed by atoms with E-state index in [1.807, 2.05) is 17.6 Å². The van der Waals surface area contributed by atoms with Crippen LogP contribution in [0.3, 0.4) is 0 Å². The molecule has 3 N–H and O–H groups in total. The number of amides is 2. The highest BCUT2D eigenvalue weighted by atomic mass is 28.3. The minimum atomic E-state index is -1.32. The summed E-state index contributed by atoms with van der Waals surface area (Å²) in [7, 11) is -1.32. The molecule has 2 atom stereocenters. The summed E-state index contributed by atoms with van der Waals surface area (Å²) in [5.74, 6) is 0.882. The number of ether oxygens (including phenoxy) is 2. The summed E-state index contributed by atoms with van der Waals surface area (Å²) in [6.07, 6.45) is 2.51. The number of aliphatic hydroxyl groups excluding tert-OH is 1. The van der Waals surface area contributed by atoms with Crippen LogP contribution < -0.4 is 10.1 Å². The molecular weight excluding hydrogens is 566 g/mol. The monoisotopic (exact) mass is 609 g/mol. The molecule has 12 heteroatoms. The molecule has 11 nitrogen and oxygen atoms in total. The molecule has 232 valence electrons. The summed E-state index contributed by atoms with van der Waals surface area (Å²) in [6.45, 7) is 12.3. The van der Waals surface area contributed by atoms with Crippen LogP contribution in [0.25, 0.3) is 22.3 Å². The van der Waals surface area contributed by atoms with Crippen molar-refractivity contribution >= 4 is 31.1 Å². The van der Waals surface area contributed by atoms with Crippen molar-refractivity contribution in [2.24, 2.45) is 5.92 Å². The Labute approximate surface area is 253 Å². The Balaban J connectivity index is 1.57. The molecular formula is C31H43N5O6Si. The molecule has 1 aliphatic carbocycles. The van der Waals surface area contributed by atoms with Crippen LogP contribution in [-0.2, 0) is 17.9 Å². The molecule has 0 spiro atoms. The van der Waals surface area contributed by atoms with Crippen molar-refractivity contribution in [3.05, 3.63) is 41.3 Å². The van der Waals surface area contributed by atoms with Gasteiger partial charge in [-0.15, -0.1) is 0 Å². The van der Waals surface area contributed by atoms with E-state index in [1.54, 1.807) is 0 Å². The topological polar surface area (TPSA) is 139 Å².